The Morgan fingerprint density at radius 3 is 2.79 bits per heavy atom. The van der Waals surface area contributed by atoms with E-state index < -0.39 is 15.8 Å². The molecule has 178 valence electrons. The predicted molar refractivity (Wildman–Crippen MR) is 132 cm³/mol. The molecule has 3 heterocycles. The lowest BCUT2D eigenvalue weighted by atomic mass is 10.1. The van der Waals surface area contributed by atoms with E-state index in [0.717, 1.165) is 36.8 Å². The van der Waals surface area contributed by atoms with E-state index in [1.54, 1.807) is 16.7 Å². The Morgan fingerprint density at radius 1 is 1.33 bits per heavy atom. The van der Waals surface area contributed by atoms with Gasteiger partial charge >= 0.3 is 0 Å². The number of likely N-dealkylation sites (tertiary alicyclic amines) is 1. The van der Waals surface area contributed by atoms with Crippen molar-refractivity contribution in [2.45, 2.75) is 50.6 Å². The van der Waals surface area contributed by atoms with Gasteiger partial charge in [-0.2, -0.15) is 0 Å². The van der Waals surface area contributed by atoms with Crippen LogP contribution in [0.5, 0.6) is 0 Å². The molecule has 0 bridgehead atoms. The number of hydrogen-bond acceptors (Lipinski definition) is 8. The highest BCUT2D eigenvalue weighted by Crippen LogP contribution is 2.30. The summed E-state index contributed by atoms with van der Waals surface area (Å²) in [7, 11) is -2.12. The SMILES string of the molecule is Cc1cc(S(=O)(=O)Nc2cscn2)c(F)cc1N(C)C1CCN(Cc2csc(C(C)C)n2)C1. The van der Waals surface area contributed by atoms with Crippen LogP contribution in [-0.2, 0) is 16.6 Å². The van der Waals surface area contributed by atoms with Crippen LogP contribution in [0.15, 0.2) is 33.3 Å². The number of likely N-dealkylation sites (N-methyl/N-ethyl adjacent to an activating group) is 1. The minimum atomic E-state index is -4.06. The molecule has 1 atom stereocenters. The van der Waals surface area contributed by atoms with E-state index >= 15 is 0 Å². The zero-order chi connectivity index (χ0) is 23.8. The van der Waals surface area contributed by atoms with Crippen LogP contribution in [0.25, 0.3) is 0 Å². The monoisotopic (exact) mass is 509 g/mol. The number of rotatable bonds is 8. The number of benzene rings is 1. The van der Waals surface area contributed by atoms with Gasteiger partial charge in [0.15, 0.2) is 5.82 Å². The fourth-order valence-corrected chi connectivity index (χ4v) is 6.57. The van der Waals surface area contributed by atoms with E-state index in [4.69, 9.17) is 4.98 Å². The van der Waals surface area contributed by atoms with E-state index in [1.165, 1.54) is 29.0 Å². The molecular formula is C22H28FN5O2S3. The number of nitrogens with one attached hydrogen (secondary N) is 1. The van der Waals surface area contributed by atoms with Gasteiger partial charge in [0.05, 0.1) is 16.2 Å². The number of thiazole rings is 2. The van der Waals surface area contributed by atoms with Crippen LogP contribution in [0.3, 0.4) is 0 Å². The van der Waals surface area contributed by atoms with Gasteiger partial charge in [-0.25, -0.2) is 22.8 Å². The van der Waals surface area contributed by atoms with E-state index in [2.05, 4.69) is 38.7 Å². The Labute approximate surface area is 202 Å². The summed E-state index contributed by atoms with van der Waals surface area (Å²) in [4.78, 5) is 12.7. The first-order chi connectivity index (χ1) is 15.6. The largest absolute Gasteiger partial charge is 0.370 e. The van der Waals surface area contributed by atoms with Gasteiger partial charge in [0.2, 0.25) is 0 Å². The summed E-state index contributed by atoms with van der Waals surface area (Å²) in [5.74, 6) is -0.156. The van der Waals surface area contributed by atoms with Crippen LogP contribution in [0.4, 0.5) is 15.9 Å². The number of aromatic nitrogens is 2. The smallest absolute Gasteiger partial charge is 0.266 e. The van der Waals surface area contributed by atoms with Crippen molar-refractivity contribution in [3.8, 4) is 0 Å². The quantitative estimate of drug-likeness (QED) is 0.475. The predicted octanol–water partition coefficient (Wildman–Crippen LogP) is 4.68. The average Bonchev–Trinajstić information content (AvgIpc) is 3.51. The number of nitrogens with zero attached hydrogens (tertiary/aromatic N) is 4. The van der Waals surface area contributed by atoms with Crippen molar-refractivity contribution in [3.63, 3.8) is 0 Å². The second-order valence-electron chi connectivity index (χ2n) is 8.67. The lowest BCUT2D eigenvalue weighted by Gasteiger charge is -2.29. The number of aryl methyl sites for hydroxylation is 1. The van der Waals surface area contributed by atoms with Crippen molar-refractivity contribution in [2.24, 2.45) is 0 Å². The summed E-state index contributed by atoms with van der Waals surface area (Å²) >= 11 is 2.97. The molecule has 1 unspecified atom stereocenters. The highest BCUT2D eigenvalue weighted by Gasteiger charge is 2.29. The molecule has 1 aliphatic heterocycles. The zero-order valence-corrected chi connectivity index (χ0v) is 21.5. The first kappa shape index (κ1) is 24.1. The maximum absolute atomic E-state index is 15.0. The van der Waals surface area contributed by atoms with Crippen molar-refractivity contribution in [1.82, 2.24) is 14.9 Å². The van der Waals surface area contributed by atoms with Gasteiger partial charge in [0, 0.05) is 55.1 Å². The van der Waals surface area contributed by atoms with E-state index in [-0.39, 0.29) is 16.8 Å². The van der Waals surface area contributed by atoms with Gasteiger partial charge in [-0.3, -0.25) is 9.62 Å². The lowest BCUT2D eigenvalue weighted by molar-refractivity contribution is 0.322. The minimum absolute atomic E-state index is 0.185. The maximum Gasteiger partial charge on any atom is 0.266 e. The molecule has 0 aliphatic carbocycles. The van der Waals surface area contributed by atoms with Crippen molar-refractivity contribution < 1.29 is 12.8 Å². The highest BCUT2D eigenvalue weighted by molar-refractivity contribution is 7.92. The summed E-state index contributed by atoms with van der Waals surface area (Å²) in [5.41, 5.74) is 4.01. The molecule has 1 aliphatic rings. The van der Waals surface area contributed by atoms with Gasteiger partial charge in [-0.15, -0.1) is 22.7 Å². The Morgan fingerprint density at radius 2 is 2.12 bits per heavy atom. The first-order valence-corrected chi connectivity index (χ1v) is 14.0. The highest BCUT2D eigenvalue weighted by atomic mass is 32.2. The Kier molecular flexibility index (Phi) is 7.04. The Balaban J connectivity index is 1.46. The van der Waals surface area contributed by atoms with Crippen LogP contribution >= 0.6 is 22.7 Å². The molecule has 0 saturated carbocycles. The Bertz CT molecular complexity index is 1210. The van der Waals surface area contributed by atoms with Gasteiger partial charge < -0.3 is 4.90 Å². The molecule has 4 rings (SSSR count). The molecule has 11 heteroatoms. The topological polar surface area (TPSA) is 78.4 Å². The van der Waals surface area contributed by atoms with Crippen LogP contribution in [0.1, 0.15) is 42.5 Å². The fraction of sp³-hybridized carbons (Fsp3) is 0.455. The molecule has 7 nitrogen and oxygen atoms in total. The van der Waals surface area contributed by atoms with Crippen molar-refractivity contribution in [1.29, 1.82) is 0 Å². The third kappa shape index (κ3) is 5.37. The summed E-state index contributed by atoms with van der Waals surface area (Å²) in [5, 5.41) is 4.85. The molecule has 33 heavy (non-hydrogen) atoms. The summed E-state index contributed by atoms with van der Waals surface area (Å²) in [6.07, 6.45) is 0.949. The molecule has 0 spiro atoms. The van der Waals surface area contributed by atoms with E-state index in [9.17, 15) is 12.8 Å². The number of sulfonamides is 1. The van der Waals surface area contributed by atoms with Crippen LogP contribution in [0.2, 0.25) is 0 Å². The maximum atomic E-state index is 15.0. The summed E-state index contributed by atoms with van der Waals surface area (Å²) in [6, 6.07) is 2.93. The number of anilines is 2. The standard InChI is InChI=1S/C22H28FN5O2S3/c1-14(2)22-25-16(11-32-22)9-28-6-5-17(10-28)27(4)19-8-18(23)20(7-15(19)3)33(29,30)26-21-12-31-13-24-21/h7-8,11-14,17,26H,5-6,9-10H2,1-4H3. The van der Waals surface area contributed by atoms with Crippen LogP contribution in [0, 0.1) is 12.7 Å². The molecule has 0 radical (unpaired) electrons. The summed E-state index contributed by atoms with van der Waals surface area (Å²) in [6.45, 7) is 8.70. The molecule has 1 N–H and O–H groups in total. The van der Waals surface area contributed by atoms with Crippen molar-refractivity contribution >= 4 is 44.2 Å². The Hall–Kier alpha value is -2.08. The second kappa shape index (κ2) is 9.65. The van der Waals surface area contributed by atoms with Crippen molar-refractivity contribution in [3.05, 3.63) is 50.5 Å². The van der Waals surface area contributed by atoms with Gasteiger partial charge in [-0.1, -0.05) is 13.8 Å². The molecule has 2 aromatic heterocycles. The van der Waals surface area contributed by atoms with Gasteiger partial charge in [0.25, 0.3) is 10.0 Å². The average molecular weight is 510 g/mol. The van der Waals surface area contributed by atoms with Crippen LogP contribution in [-0.4, -0.2) is 49.5 Å². The van der Waals surface area contributed by atoms with E-state index in [0.29, 0.717) is 17.2 Å². The van der Waals surface area contributed by atoms with Crippen LogP contribution < -0.4 is 9.62 Å². The fourth-order valence-electron chi connectivity index (χ4n) is 4.04. The lowest BCUT2D eigenvalue weighted by Crippen LogP contribution is -2.35. The third-order valence-electron chi connectivity index (χ3n) is 5.84. The number of hydrogen-bond donors (Lipinski definition) is 1. The summed E-state index contributed by atoms with van der Waals surface area (Å²) < 4.78 is 42.6. The van der Waals surface area contributed by atoms with Crippen molar-refractivity contribution in [2.75, 3.05) is 29.8 Å². The minimum Gasteiger partial charge on any atom is -0.370 e. The third-order valence-corrected chi connectivity index (χ3v) is 8.99. The second-order valence-corrected chi connectivity index (χ2v) is 11.9. The zero-order valence-electron chi connectivity index (χ0n) is 19.1. The molecular weight excluding hydrogens is 481 g/mol. The molecule has 0 amide bonds. The van der Waals surface area contributed by atoms with Gasteiger partial charge in [-0.05, 0) is 31.0 Å². The normalized spacial score (nSPS) is 17.1. The van der Waals surface area contributed by atoms with E-state index in [1.807, 2.05) is 14.0 Å². The van der Waals surface area contributed by atoms with Gasteiger partial charge in [0.1, 0.15) is 10.7 Å². The molecule has 1 fully saturated rings. The molecule has 1 aromatic carbocycles. The first-order valence-electron chi connectivity index (χ1n) is 10.7. The molecule has 1 saturated heterocycles. The number of halogens is 1. The molecule has 3 aromatic rings.